The molecular formula is C19H29IN4O2. The summed E-state index contributed by atoms with van der Waals surface area (Å²) in [4.78, 5) is 16.3. The number of aliphatic imine (C=N–C) groups is 1. The van der Waals surface area contributed by atoms with Crippen molar-refractivity contribution < 1.29 is 9.53 Å². The summed E-state index contributed by atoms with van der Waals surface area (Å²) < 4.78 is 5.61. The van der Waals surface area contributed by atoms with E-state index in [-0.39, 0.29) is 41.9 Å². The van der Waals surface area contributed by atoms with E-state index in [9.17, 15) is 4.79 Å². The molecule has 1 aromatic rings. The lowest BCUT2D eigenvalue weighted by Gasteiger charge is -2.24. The molecule has 0 aromatic heterocycles. The molecule has 1 heterocycles. The fourth-order valence-electron chi connectivity index (χ4n) is 3.10. The van der Waals surface area contributed by atoms with Crippen molar-refractivity contribution in [1.29, 1.82) is 0 Å². The van der Waals surface area contributed by atoms with Gasteiger partial charge in [0.2, 0.25) is 5.91 Å². The van der Waals surface area contributed by atoms with E-state index in [1.807, 2.05) is 24.3 Å². The molecule has 0 bridgehead atoms. The first-order chi connectivity index (χ1) is 12.2. The molecule has 0 spiro atoms. The summed E-state index contributed by atoms with van der Waals surface area (Å²) in [5.41, 5.74) is 1.96. The Morgan fingerprint density at radius 1 is 1.23 bits per heavy atom. The monoisotopic (exact) mass is 472 g/mol. The van der Waals surface area contributed by atoms with Crippen molar-refractivity contribution in [3.05, 3.63) is 29.8 Å². The Morgan fingerprint density at radius 3 is 2.73 bits per heavy atom. The van der Waals surface area contributed by atoms with E-state index in [0.717, 1.165) is 56.0 Å². The number of carbonyl (C=O) groups excluding carboxylic acids is 1. The van der Waals surface area contributed by atoms with Crippen molar-refractivity contribution >= 4 is 41.5 Å². The number of amides is 1. The van der Waals surface area contributed by atoms with Gasteiger partial charge in [-0.1, -0.05) is 18.6 Å². The van der Waals surface area contributed by atoms with Crippen LogP contribution in [0.3, 0.4) is 0 Å². The molecule has 1 aliphatic heterocycles. The maximum absolute atomic E-state index is 12.1. The Bertz CT molecular complexity index is 613. The Labute approximate surface area is 172 Å². The normalized spacial score (nSPS) is 20.0. The summed E-state index contributed by atoms with van der Waals surface area (Å²) in [6, 6.07) is 7.96. The van der Waals surface area contributed by atoms with Crippen LogP contribution in [0.15, 0.2) is 29.3 Å². The molecule has 2 fully saturated rings. The van der Waals surface area contributed by atoms with Crippen LogP contribution in [0.2, 0.25) is 0 Å². The Kier molecular flexibility index (Phi) is 8.64. The molecule has 2 aliphatic rings. The van der Waals surface area contributed by atoms with Gasteiger partial charge < -0.3 is 20.7 Å². The Balaban J connectivity index is 0.00000243. The summed E-state index contributed by atoms with van der Waals surface area (Å²) in [6.07, 6.45) is 5.72. The van der Waals surface area contributed by atoms with Crippen LogP contribution in [-0.4, -0.2) is 38.2 Å². The summed E-state index contributed by atoms with van der Waals surface area (Å²) in [5, 5.41) is 9.63. The van der Waals surface area contributed by atoms with Crippen molar-refractivity contribution in [2.45, 2.75) is 44.8 Å². The molecule has 1 saturated carbocycles. The van der Waals surface area contributed by atoms with E-state index >= 15 is 0 Å². The average molecular weight is 472 g/mol. The molecular weight excluding hydrogens is 443 g/mol. The lowest BCUT2D eigenvalue weighted by molar-refractivity contribution is -0.122. The van der Waals surface area contributed by atoms with E-state index in [4.69, 9.17) is 4.74 Å². The highest BCUT2D eigenvalue weighted by Crippen LogP contribution is 2.27. The number of nitrogens with zero attached hydrogens (tertiary/aromatic N) is 1. The van der Waals surface area contributed by atoms with Gasteiger partial charge in [-0.05, 0) is 43.4 Å². The quantitative estimate of drug-likeness (QED) is 0.338. The highest BCUT2D eigenvalue weighted by atomic mass is 127. The van der Waals surface area contributed by atoms with Crippen LogP contribution in [0.4, 0.5) is 5.69 Å². The first-order valence-electron chi connectivity index (χ1n) is 9.20. The lowest BCUT2D eigenvalue weighted by atomic mass is 9.85. The zero-order chi connectivity index (χ0) is 17.5. The molecule has 1 aliphatic carbocycles. The first kappa shape index (κ1) is 21.0. The molecule has 1 atom stereocenters. The number of ether oxygens (including phenoxy) is 1. The van der Waals surface area contributed by atoms with Crippen LogP contribution in [-0.2, 0) is 16.1 Å². The van der Waals surface area contributed by atoms with Gasteiger partial charge in [0.05, 0.1) is 6.10 Å². The minimum atomic E-state index is 0. The molecule has 6 nitrogen and oxygen atoms in total. The minimum absolute atomic E-state index is 0. The maximum atomic E-state index is 12.1. The number of benzene rings is 1. The molecule has 3 rings (SSSR count). The fraction of sp³-hybridized carbons (Fsp3) is 0.579. The SMILES string of the molecule is CN=C(NCc1cccc(NC(=O)C2CCC2)c1)NCC1CCCO1.I. The third-order valence-electron chi connectivity index (χ3n) is 4.88. The number of carbonyl (C=O) groups is 1. The van der Waals surface area contributed by atoms with Gasteiger partial charge in [-0.3, -0.25) is 9.79 Å². The lowest BCUT2D eigenvalue weighted by Crippen LogP contribution is -2.40. The van der Waals surface area contributed by atoms with Crippen molar-refractivity contribution in [2.24, 2.45) is 10.9 Å². The predicted octanol–water partition coefficient (Wildman–Crippen LogP) is 2.89. The second-order valence-electron chi connectivity index (χ2n) is 6.76. The Hall–Kier alpha value is -1.35. The Morgan fingerprint density at radius 2 is 2.08 bits per heavy atom. The van der Waals surface area contributed by atoms with E-state index in [1.54, 1.807) is 7.05 Å². The maximum Gasteiger partial charge on any atom is 0.227 e. The highest BCUT2D eigenvalue weighted by molar-refractivity contribution is 14.0. The van der Waals surface area contributed by atoms with Crippen molar-refractivity contribution in [2.75, 3.05) is 25.5 Å². The van der Waals surface area contributed by atoms with Gasteiger partial charge in [0.15, 0.2) is 5.96 Å². The van der Waals surface area contributed by atoms with Crippen LogP contribution in [0, 0.1) is 5.92 Å². The number of guanidine groups is 1. The van der Waals surface area contributed by atoms with E-state index in [0.29, 0.717) is 6.54 Å². The molecule has 144 valence electrons. The molecule has 26 heavy (non-hydrogen) atoms. The molecule has 7 heteroatoms. The third kappa shape index (κ3) is 6.12. The van der Waals surface area contributed by atoms with Crippen LogP contribution < -0.4 is 16.0 Å². The summed E-state index contributed by atoms with van der Waals surface area (Å²) in [7, 11) is 1.76. The molecule has 3 N–H and O–H groups in total. The number of anilines is 1. The minimum Gasteiger partial charge on any atom is -0.376 e. The smallest absolute Gasteiger partial charge is 0.227 e. The van der Waals surface area contributed by atoms with Crippen molar-refractivity contribution in [3.8, 4) is 0 Å². The number of rotatable bonds is 6. The zero-order valence-electron chi connectivity index (χ0n) is 15.3. The number of halogens is 1. The first-order valence-corrected chi connectivity index (χ1v) is 9.20. The van der Waals surface area contributed by atoms with Gasteiger partial charge in [0.25, 0.3) is 0 Å². The van der Waals surface area contributed by atoms with Gasteiger partial charge in [0, 0.05) is 38.3 Å². The summed E-state index contributed by atoms with van der Waals surface area (Å²) in [6.45, 7) is 2.28. The van der Waals surface area contributed by atoms with E-state index in [1.165, 1.54) is 6.42 Å². The van der Waals surface area contributed by atoms with Gasteiger partial charge in [0.1, 0.15) is 0 Å². The van der Waals surface area contributed by atoms with Gasteiger partial charge >= 0.3 is 0 Å². The topological polar surface area (TPSA) is 74.8 Å². The molecule has 1 saturated heterocycles. The van der Waals surface area contributed by atoms with Gasteiger partial charge in [-0.2, -0.15) is 0 Å². The molecule has 1 amide bonds. The summed E-state index contributed by atoms with van der Waals surface area (Å²) >= 11 is 0. The fourth-order valence-corrected chi connectivity index (χ4v) is 3.10. The van der Waals surface area contributed by atoms with Crippen LogP contribution >= 0.6 is 24.0 Å². The molecule has 0 radical (unpaired) electrons. The number of hydrogen-bond acceptors (Lipinski definition) is 3. The molecule has 1 aromatic carbocycles. The predicted molar refractivity (Wildman–Crippen MR) is 115 cm³/mol. The second-order valence-corrected chi connectivity index (χ2v) is 6.76. The average Bonchev–Trinajstić information content (AvgIpc) is 3.07. The second kappa shape index (κ2) is 10.7. The zero-order valence-corrected chi connectivity index (χ0v) is 17.6. The van der Waals surface area contributed by atoms with E-state index < -0.39 is 0 Å². The van der Waals surface area contributed by atoms with Crippen LogP contribution in [0.1, 0.15) is 37.7 Å². The largest absolute Gasteiger partial charge is 0.376 e. The van der Waals surface area contributed by atoms with Gasteiger partial charge in [-0.15, -0.1) is 24.0 Å². The third-order valence-corrected chi connectivity index (χ3v) is 4.88. The summed E-state index contributed by atoms with van der Waals surface area (Å²) in [5.74, 6) is 1.10. The molecule has 1 unspecified atom stereocenters. The van der Waals surface area contributed by atoms with Crippen molar-refractivity contribution in [1.82, 2.24) is 10.6 Å². The van der Waals surface area contributed by atoms with Crippen LogP contribution in [0.5, 0.6) is 0 Å². The van der Waals surface area contributed by atoms with Crippen LogP contribution in [0.25, 0.3) is 0 Å². The van der Waals surface area contributed by atoms with E-state index in [2.05, 4.69) is 20.9 Å². The highest BCUT2D eigenvalue weighted by Gasteiger charge is 2.25. The van der Waals surface area contributed by atoms with Crippen molar-refractivity contribution in [3.63, 3.8) is 0 Å². The number of nitrogens with one attached hydrogen (secondary N) is 3. The number of hydrogen-bond donors (Lipinski definition) is 3. The standard InChI is InChI=1S/C19H28N4O2.HI/c1-20-19(22-13-17-9-4-10-25-17)21-12-14-5-2-8-16(11-14)23-18(24)15-6-3-7-15;/h2,5,8,11,15,17H,3-4,6-7,9-10,12-13H2,1H3,(H,23,24)(H2,20,21,22);1H. The van der Waals surface area contributed by atoms with Gasteiger partial charge in [-0.25, -0.2) is 0 Å².